The van der Waals surface area contributed by atoms with Gasteiger partial charge < -0.3 is 0 Å². The molecule has 0 bridgehead atoms. The van der Waals surface area contributed by atoms with Gasteiger partial charge in [0.2, 0.25) is 0 Å². The number of ketones is 1. The first-order valence-corrected chi connectivity index (χ1v) is 6.58. The number of rotatable bonds is 3. The molecule has 0 aliphatic carbocycles. The fourth-order valence-electron chi connectivity index (χ4n) is 2.34. The fraction of sp³-hybridized carbons (Fsp3) is 0.533. The van der Waals surface area contributed by atoms with Gasteiger partial charge in [-0.2, -0.15) is 0 Å². The van der Waals surface area contributed by atoms with Gasteiger partial charge in [-0.15, -0.1) is 0 Å². The van der Waals surface area contributed by atoms with Crippen LogP contribution < -0.4 is 0 Å². The molecule has 1 atom stereocenters. The van der Waals surface area contributed by atoms with E-state index in [9.17, 15) is 4.79 Å². The lowest BCUT2D eigenvalue weighted by Gasteiger charge is -2.25. The minimum absolute atomic E-state index is 0.0197. The average molecular weight is 233 g/mol. The summed E-state index contributed by atoms with van der Waals surface area (Å²) in [5.41, 5.74) is 1.13. The molecule has 0 spiro atoms. The van der Waals surface area contributed by atoms with Gasteiger partial charge in [0.15, 0.2) is 5.78 Å². The average Bonchev–Trinajstić information content (AvgIpc) is 2.86. The molecule has 2 rings (SSSR count). The van der Waals surface area contributed by atoms with Crippen LogP contribution in [0.3, 0.4) is 0 Å². The lowest BCUT2D eigenvalue weighted by Crippen LogP contribution is -2.30. The van der Waals surface area contributed by atoms with Gasteiger partial charge in [0.25, 0.3) is 0 Å². The highest BCUT2D eigenvalue weighted by atomic mass is 16.1. The summed E-state index contributed by atoms with van der Waals surface area (Å²) in [6, 6.07) is 10.1. The summed E-state index contributed by atoms with van der Waals surface area (Å²) in [5.74, 6) is 0.253. The molecular formula is C15H23NO. The van der Waals surface area contributed by atoms with E-state index in [1.807, 2.05) is 44.2 Å². The number of hydrogen-bond acceptors (Lipinski definition) is 2. The predicted octanol–water partition coefficient (Wildman–Crippen LogP) is 3.44. The zero-order valence-corrected chi connectivity index (χ0v) is 11.1. The number of likely N-dealkylation sites (tertiary alicyclic amines) is 1. The summed E-state index contributed by atoms with van der Waals surface area (Å²) < 4.78 is 0. The van der Waals surface area contributed by atoms with E-state index in [1.165, 1.54) is 12.8 Å². The summed E-state index contributed by atoms with van der Waals surface area (Å²) in [7, 11) is 0. The number of carbonyl (C=O) groups is 1. The summed E-state index contributed by atoms with van der Waals surface area (Å²) in [6.07, 6.45) is 2.44. The number of Topliss-reactive ketones (excluding diaryl/α,β-unsaturated/α-hetero) is 1. The van der Waals surface area contributed by atoms with E-state index in [1.54, 1.807) is 6.92 Å². The fourth-order valence-corrected chi connectivity index (χ4v) is 2.34. The number of hydrogen-bond donors (Lipinski definition) is 0. The Morgan fingerprint density at radius 1 is 1.12 bits per heavy atom. The highest BCUT2D eigenvalue weighted by Gasteiger charge is 2.26. The molecule has 1 fully saturated rings. The van der Waals surface area contributed by atoms with Crippen LogP contribution in [0.25, 0.3) is 0 Å². The Bertz CT molecular complexity index is 328. The molecule has 0 N–H and O–H groups in total. The normalized spacial score (nSPS) is 17.1. The van der Waals surface area contributed by atoms with Crippen molar-refractivity contribution in [1.82, 2.24) is 4.90 Å². The zero-order chi connectivity index (χ0) is 12.7. The Morgan fingerprint density at radius 2 is 1.65 bits per heavy atom. The van der Waals surface area contributed by atoms with Crippen LogP contribution in [0, 0.1) is 0 Å². The first kappa shape index (κ1) is 13.9. The van der Waals surface area contributed by atoms with Gasteiger partial charge in [-0.05, 0) is 38.4 Å². The van der Waals surface area contributed by atoms with E-state index < -0.39 is 0 Å². The maximum atomic E-state index is 11.7. The van der Waals surface area contributed by atoms with Gasteiger partial charge in [-0.3, -0.25) is 9.69 Å². The number of carbonyl (C=O) groups excluding carboxylic acids is 1. The molecule has 2 heteroatoms. The third kappa shape index (κ3) is 3.67. The molecule has 1 aliphatic rings. The summed E-state index contributed by atoms with van der Waals surface area (Å²) >= 11 is 0. The molecule has 94 valence electrons. The summed E-state index contributed by atoms with van der Waals surface area (Å²) in [6.45, 7) is 7.80. The molecule has 1 heterocycles. The number of nitrogens with zero attached hydrogens (tertiary/aromatic N) is 1. The SMILES string of the molecule is CC.CC(=O)C(c1ccccc1)N1CCCC1. The summed E-state index contributed by atoms with van der Waals surface area (Å²) in [5, 5.41) is 0. The van der Waals surface area contributed by atoms with Crippen molar-refractivity contribution in [1.29, 1.82) is 0 Å². The molecule has 0 amide bonds. The summed E-state index contributed by atoms with van der Waals surface area (Å²) in [4.78, 5) is 14.0. The van der Waals surface area contributed by atoms with Crippen LogP contribution in [0.15, 0.2) is 30.3 Å². The predicted molar refractivity (Wildman–Crippen MR) is 72.0 cm³/mol. The first-order chi connectivity index (χ1) is 8.29. The van der Waals surface area contributed by atoms with Gasteiger partial charge in [0.1, 0.15) is 0 Å². The smallest absolute Gasteiger partial charge is 0.151 e. The van der Waals surface area contributed by atoms with E-state index in [-0.39, 0.29) is 11.8 Å². The second-order valence-corrected chi connectivity index (χ2v) is 4.17. The van der Waals surface area contributed by atoms with Crippen molar-refractivity contribution in [3.63, 3.8) is 0 Å². The van der Waals surface area contributed by atoms with Crippen LogP contribution in [-0.2, 0) is 4.79 Å². The van der Waals surface area contributed by atoms with Crippen molar-refractivity contribution in [3.8, 4) is 0 Å². The van der Waals surface area contributed by atoms with Crippen molar-refractivity contribution in [2.45, 2.75) is 39.7 Å². The Kier molecular flexibility index (Phi) is 5.92. The van der Waals surface area contributed by atoms with Crippen LogP contribution in [0.4, 0.5) is 0 Å². The van der Waals surface area contributed by atoms with Gasteiger partial charge in [0, 0.05) is 0 Å². The van der Waals surface area contributed by atoms with Crippen LogP contribution in [0.5, 0.6) is 0 Å². The van der Waals surface area contributed by atoms with Crippen LogP contribution in [0.2, 0.25) is 0 Å². The molecule has 2 nitrogen and oxygen atoms in total. The molecule has 17 heavy (non-hydrogen) atoms. The lowest BCUT2D eigenvalue weighted by molar-refractivity contribution is -0.122. The standard InChI is InChI=1S/C13H17NO.C2H6/c1-11(15)13(14-9-5-6-10-14)12-7-3-2-4-8-12;1-2/h2-4,7-8,13H,5-6,9-10H2,1H3;1-2H3. The molecule has 1 aliphatic heterocycles. The zero-order valence-electron chi connectivity index (χ0n) is 11.1. The Hall–Kier alpha value is -1.15. The van der Waals surface area contributed by atoms with Crippen molar-refractivity contribution < 1.29 is 4.79 Å². The largest absolute Gasteiger partial charge is 0.298 e. The first-order valence-electron chi connectivity index (χ1n) is 6.58. The molecule has 1 unspecified atom stereocenters. The monoisotopic (exact) mass is 233 g/mol. The third-order valence-electron chi connectivity index (χ3n) is 3.01. The van der Waals surface area contributed by atoms with Crippen molar-refractivity contribution in [2.24, 2.45) is 0 Å². The van der Waals surface area contributed by atoms with E-state index in [0.717, 1.165) is 18.7 Å². The van der Waals surface area contributed by atoms with Crippen molar-refractivity contribution >= 4 is 5.78 Å². The molecule has 1 aromatic carbocycles. The molecule has 0 aromatic heterocycles. The Balaban J connectivity index is 0.000000686. The van der Waals surface area contributed by atoms with E-state index in [2.05, 4.69) is 4.90 Å². The molecular weight excluding hydrogens is 210 g/mol. The van der Waals surface area contributed by atoms with E-state index in [4.69, 9.17) is 0 Å². The Labute approximate surface area is 105 Å². The van der Waals surface area contributed by atoms with Gasteiger partial charge in [-0.25, -0.2) is 0 Å². The molecule has 0 radical (unpaired) electrons. The van der Waals surface area contributed by atoms with E-state index >= 15 is 0 Å². The van der Waals surface area contributed by atoms with Crippen molar-refractivity contribution in [3.05, 3.63) is 35.9 Å². The minimum atomic E-state index is -0.0197. The quantitative estimate of drug-likeness (QED) is 0.797. The highest BCUT2D eigenvalue weighted by molar-refractivity contribution is 5.82. The van der Waals surface area contributed by atoms with Gasteiger partial charge >= 0.3 is 0 Å². The topological polar surface area (TPSA) is 20.3 Å². The van der Waals surface area contributed by atoms with Crippen LogP contribution in [0.1, 0.15) is 45.2 Å². The minimum Gasteiger partial charge on any atom is -0.298 e. The Morgan fingerprint density at radius 3 is 2.12 bits per heavy atom. The second kappa shape index (κ2) is 7.23. The van der Waals surface area contributed by atoms with Crippen LogP contribution in [-0.4, -0.2) is 23.8 Å². The number of benzene rings is 1. The third-order valence-corrected chi connectivity index (χ3v) is 3.01. The highest BCUT2D eigenvalue weighted by Crippen LogP contribution is 2.25. The lowest BCUT2D eigenvalue weighted by atomic mass is 10.0. The molecule has 1 aromatic rings. The maximum absolute atomic E-state index is 11.7. The molecule has 1 saturated heterocycles. The van der Waals surface area contributed by atoms with E-state index in [0.29, 0.717) is 0 Å². The molecule has 0 saturated carbocycles. The second-order valence-electron chi connectivity index (χ2n) is 4.17. The van der Waals surface area contributed by atoms with Gasteiger partial charge in [-0.1, -0.05) is 44.2 Å². The maximum Gasteiger partial charge on any atom is 0.151 e. The van der Waals surface area contributed by atoms with Crippen LogP contribution >= 0.6 is 0 Å². The van der Waals surface area contributed by atoms with Gasteiger partial charge in [0.05, 0.1) is 6.04 Å². The van der Waals surface area contributed by atoms with Crippen molar-refractivity contribution in [2.75, 3.05) is 13.1 Å².